The van der Waals surface area contributed by atoms with E-state index in [1.807, 2.05) is 13.8 Å². The van der Waals surface area contributed by atoms with Gasteiger partial charge in [0, 0.05) is 13.1 Å². The molecule has 2 unspecified atom stereocenters. The van der Waals surface area contributed by atoms with E-state index in [-0.39, 0.29) is 5.92 Å². The lowest BCUT2D eigenvalue weighted by atomic mass is 10.1. The molecule has 0 amide bonds. The molecule has 0 spiro atoms. The Morgan fingerprint density at radius 1 is 1.38 bits per heavy atom. The normalized spacial score (nSPS) is 16.2. The molecule has 0 bridgehead atoms. The smallest absolute Gasteiger partial charge is 0.403 e. The highest BCUT2D eigenvalue weighted by Crippen LogP contribution is 2.27. The Balaban J connectivity index is 4.36. The van der Waals surface area contributed by atoms with E-state index < -0.39 is 24.6 Å². The molecule has 0 aliphatic heterocycles. The molecular formula is C10H18F3NO2. The van der Waals surface area contributed by atoms with Gasteiger partial charge in [-0.05, 0) is 13.0 Å². The van der Waals surface area contributed by atoms with Crippen molar-refractivity contribution >= 4 is 5.97 Å². The van der Waals surface area contributed by atoms with Gasteiger partial charge < -0.3 is 10.0 Å². The molecule has 0 saturated carbocycles. The van der Waals surface area contributed by atoms with Crippen LogP contribution in [0.2, 0.25) is 0 Å². The second kappa shape index (κ2) is 6.08. The molecular weight excluding hydrogens is 223 g/mol. The average molecular weight is 241 g/mol. The van der Waals surface area contributed by atoms with Crippen LogP contribution in [0, 0.1) is 11.8 Å². The standard InChI is InChI=1S/C10H18F3NO2/c1-4-7(2)5-14(3)6-8(9(15)16)10(11,12)13/h7-8H,4-6H2,1-3H3,(H,15,16). The summed E-state index contributed by atoms with van der Waals surface area (Å²) in [4.78, 5) is 11.9. The van der Waals surface area contributed by atoms with Crippen LogP contribution in [0.1, 0.15) is 20.3 Å². The van der Waals surface area contributed by atoms with Crippen LogP contribution < -0.4 is 0 Å². The van der Waals surface area contributed by atoms with Crippen molar-refractivity contribution in [2.45, 2.75) is 26.4 Å². The number of carbonyl (C=O) groups is 1. The largest absolute Gasteiger partial charge is 0.481 e. The number of hydrogen-bond donors (Lipinski definition) is 1. The van der Waals surface area contributed by atoms with Crippen molar-refractivity contribution in [3.63, 3.8) is 0 Å². The van der Waals surface area contributed by atoms with Gasteiger partial charge in [0.15, 0.2) is 5.92 Å². The zero-order valence-electron chi connectivity index (χ0n) is 9.71. The predicted molar refractivity (Wildman–Crippen MR) is 54.1 cm³/mol. The zero-order valence-corrected chi connectivity index (χ0v) is 9.71. The fraction of sp³-hybridized carbons (Fsp3) is 0.900. The number of nitrogens with zero attached hydrogens (tertiary/aromatic N) is 1. The zero-order chi connectivity index (χ0) is 12.9. The van der Waals surface area contributed by atoms with Gasteiger partial charge in [0.1, 0.15) is 0 Å². The van der Waals surface area contributed by atoms with Gasteiger partial charge in [0.25, 0.3) is 0 Å². The predicted octanol–water partition coefficient (Wildman–Crippen LogP) is 2.23. The van der Waals surface area contributed by atoms with Crippen molar-refractivity contribution in [3.8, 4) is 0 Å². The Morgan fingerprint density at radius 3 is 2.19 bits per heavy atom. The van der Waals surface area contributed by atoms with E-state index in [1.165, 1.54) is 11.9 Å². The molecule has 0 aromatic carbocycles. The molecule has 0 heterocycles. The van der Waals surface area contributed by atoms with Gasteiger partial charge in [-0.2, -0.15) is 13.2 Å². The van der Waals surface area contributed by atoms with Crippen LogP contribution in [0.4, 0.5) is 13.2 Å². The maximum absolute atomic E-state index is 12.3. The maximum Gasteiger partial charge on any atom is 0.403 e. The highest BCUT2D eigenvalue weighted by Gasteiger charge is 2.45. The lowest BCUT2D eigenvalue weighted by Gasteiger charge is -2.25. The summed E-state index contributed by atoms with van der Waals surface area (Å²) in [6.07, 6.45) is -3.83. The van der Waals surface area contributed by atoms with Gasteiger partial charge in [0.2, 0.25) is 0 Å². The van der Waals surface area contributed by atoms with Crippen molar-refractivity contribution in [2.24, 2.45) is 11.8 Å². The molecule has 0 aromatic rings. The fourth-order valence-electron chi connectivity index (χ4n) is 1.37. The Kier molecular flexibility index (Phi) is 5.78. The summed E-state index contributed by atoms with van der Waals surface area (Å²) in [7, 11) is 1.51. The number of carboxylic acid groups (broad SMARTS) is 1. The summed E-state index contributed by atoms with van der Waals surface area (Å²) in [5.41, 5.74) is 0. The lowest BCUT2D eigenvalue weighted by molar-refractivity contribution is -0.196. The van der Waals surface area contributed by atoms with E-state index in [1.54, 1.807) is 0 Å². The molecule has 0 aromatic heterocycles. The Morgan fingerprint density at radius 2 is 1.88 bits per heavy atom. The molecule has 0 aliphatic carbocycles. The quantitative estimate of drug-likeness (QED) is 0.775. The number of carboxylic acids is 1. The van der Waals surface area contributed by atoms with Crippen LogP contribution in [0.25, 0.3) is 0 Å². The van der Waals surface area contributed by atoms with Gasteiger partial charge >= 0.3 is 12.1 Å². The van der Waals surface area contributed by atoms with Crippen molar-refractivity contribution in [2.75, 3.05) is 20.1 Å². The highest BCUT2D eigenvalue weighted by molar-refractivity contribution is 5.71. The van der Waals surface area contributed by atoms with Crippen LogP contribution in [-0.2, 0) is 4.79 Å². The minimum atomic E-state index is -4.68. The first-order chi connectivity index (χ1) is 7.18. The summed E-state index contributed by atoms with van der Waals surface area (Å²) < 4.78 is 37.0. The molecule has 2 atom stereocenters. The first-order valence-electron chi connectivity index (χ1n) is 5.16. The summed E-state index contributed by atoms with van der Waals surface area (Å²) in [5, 5.41) is 8.50. The molecule has 6 heteroatoms. The fourth-order valence-corrected chi connectivity index (χ4v) is 1.37. The van der Waals surface area contributed by atoms with E-state index in [0.29, 0.717) is 6.54 Å². The summed E-state index contributed by atoms with van der Waals surface area (Å²) in [6, 6.07) is 0. The first-order valence-corrected chi connectivity index (χ1v) is 5.16. The number of aliphatic carboxylic acids is 1. The molecule has 0 fully saturated rings. The lowest BCUT2D eigenvalue weighted by Crippen LogP contribution is -2.41. The second-order valence-corrected chi connectivity index (χ2v) is 4.17. The van der Waals surface area contributed by atoms with Crippen LogP contribution in [0.15, 0.2) is 0 Å². The number of halogens is 3. The van der Waals surface area contributed by atoms with E-state index in [4.69, 9.17) is 5.11 Å². The molecule has 96 valence electrons. The van der Waals surface area contributed by atoms with E-state index in [9.17, 15) is 18.0 Å². The maximum atomic E-state index is 12.3. The minimum absolute atomic E-state index is 0.257. The molecule has 0 aliphatic rings. The Labute approximate surface area is 93.2 Å². The topological polar surface area (TPSA) is 40.5 Å². The van der Waals surface area contributed by atoms with Crippen molar-refractivity contribution < 1.29 is 23.1 Å². The average Bonchev–Trinajstić information content (AvgIpc) is 2.11. The van der Waals surface area contributed by atoms with Crippen molar-refractivity contribution in [1.82, 2.24) is 4.90 Å². The number of alkyl halides is 3. The number of rotatable bonds is 6. The molecule has 0 saturated heterocycles. The van der Waals surface area contributed by atoms with Crippen LogP contribution in [0.5, 0.6) is 0 Å². The third-order valence-electron chi connectivity index (χ3n) is 2.51. The van der Waals surface area contributed by atoms with E-state index in [2.05, 4.69) is 0 Å². The summed E-state index contributed by atoms with van der Waals surface area (Å²) >= 11 is 0. The molecule has 0 radical (unpaired) electrons. The monoisotopic (exact) mass is 241 g/mol. The van der Waals surface area contributed by atoms with E-state index >= 15 is 0 Å². The van der Waals surface area contributed by atoms with Gasteiger partial charge in [-0.15, -0.1) is 0 Å². The van der Waals surface area contributed by atoms with Crippen LogP contribution in [-0.4, -0.2) is 42.3 Å². The van der Waals surface area contributed by atoms with Crippen LogP contribution in [0.3, 0.4) is 0 Å². The van der Waals surface area contributed by atoms with Gasteiger partial charge in [-0.25, -0.2) is 0 Å². The van der Waals surface area contributed by atoms with Crippen LogP contribution >= 0.6 is 0 Å². The summed E-state index contributed by atoms with van der Waals surface area (Å²) in [6.45, 7) is 3.83. The van der Waals surface area contributed by atoms with Gasteiger partial charge in [0.05, 0.1) is 0 Å². The molecule has 3 nitrogen and oxygen atoms in total. The third kappa shape index (κ3) is 5.34. The minimum Gasteiger partial charge on any atom is -0.481 e. The second-order valence-electron chi connectivity index (χ2n) is 4.17. The Bertz CT molecular complexity index is 231. The van der Waals surface area contributed by atoms with Crippen molar-refractivity contribution in [3.05, 3.63) is 0 Å². The van der Waals surface area contributed by atoms with Gasteiger partial charge in [-0.3, -0.25) is 4.79 Å². The summed E-state index contributed by atoms with van der Waals surface area (Å²) in [5.74, 6) is -3.86. The molecule has 0 rings (SSSR count). The van der Waals surface area contributed by atoms with Crippen molar-refractivity contribution in [1.29, 1.82) is 0 Å². The highest BCUT2D eigenvalue weighted by atomic mass is 19.4. The van der Waals surface area contributed by atoms with E-state index in [0.717, 1.165) is 6.42 Å². The Hall–Kier alpha value is -0.780. The number of hydrogen-bond acceptors (Lipinski definition) is 2. The SMILES string of the molecule is CCC(C)CN(C)CC(C(=O)O)C(F)(F)F. The molecule has 16 heavy (non-hydrogen) atoms. The van der Waals surface area contributed by atoms with Gasteiger partial charge in [-0.1, -0.05) is 20.3 Å². The molecule has 1 N–H and O–H groups in total. The first kappa shape index (κ1) is 15.2. The third-order valence-corrected chi connectivity index (χ3v) is 2.51.